The van der Waals surface area contributed by atoms with Crippen molar-refractivity contribution in [1.82, 2.24) is 19.6 Å². The smallest absolute Gasteiger partial charge is 0.245 e. The van der Waals surface area contributed by atoms with Crippen LogP contribution in [0.4, 0.5) is 0 Å². The Balaban J connectivity index is 0.00000208. The highest BCUT2D eigenvalue weighted by Gasteiger charge is 2.31. The molecule has 3 heterocycles. The van der Waals surface area contributed by atoms with Gasteiger partial charge in [-0.3, -0.25) is 0 Å². The molecule has 2 N–H and O–H groups in total. The fourth-order valence-electron chi connectivity index (χ4n) is 3.03. The largest absolute Gasteiger partial charge is 0.345 e. The highest BCUT2D eigenvalue weighted by atomic mass is 35.5. The number of aromatic nitrogens is 2. The molecule has 24 heavy (non-hydrogen) atoms. The van der Waals surface area contributed by atoms with E-state index in [1.807, 2.05) is 0 Å². The first-order valence-electron chi connectivity index (χ1n) is 7.86. The molecule has 1 aliphatic rings. The third kappa shape index (κ3) is 3.70. The standard InChI is InChI=1S/C15H21ClN4O2S.ClH/c1-2-17-9-11-4-7-20(8-5-11)23(21,22)13-10-19-15-14(13)12(16)3-6-18-15;/h3,6,10-11,17H,2,4-5,7-9H2,1H3,(H,18,19);1H. The molecule has 6 nitrogen and oxygen atoms in total. The number of aromatic amines is 1. The second kappa shape index (κ2) is 8.01. The summed E-state index contributed by atoms with van der Waals surface area (Å²) < 4.78 is 27.4. The lowest BCUT2D eigenvalue weighted by Crippen LogP contribution is -2.40. The Morgan fingerprint density at radius 3 is 2.79 bits per heavy atom. The second-order valence-corrected chi connectivity index (χ2v) is 8.14. The summed E-state index contributed by atoms with van der Waals surface area (Å²) in [4.78, 5) is 7.25. The molecule has 3 rings (SSSR count). The highest BCUT2D eigenvalue weighted by molar-refractivity contribution is 7.89. The van der Waals surface area contributed by atoms with Crippen molar-refractivity contribution in [3.63, 3.8) is 0 Å². The summed E-state index contributed by atoms with van der Waals surface area (Å²) in [7, 11) is -3.55. The van der Waals surface area contributed by atoms with E-state index in [0.29, 0.717) is 35.1 Å². The van der Waals surface area contributed by atoms with Gasteiger partial charge in [0.25, 0.3) is 0 Å². The maximum absolute atomic E-state index is 12.9. The molecule has 0 spiro atoms. The second-order valence-electron chi connectivity index (χ2n) is 5.82. The van der Waals surface area contributed by atoms with Crippen LogP contribution in [0.3, 0.4) is 0 Å². The number of hydrogen-bond acceptors (Lipinski definition) is 4. The van der Waals surface area contributed by atoms with Crippen LogP contribution < -0.4 is 5.32 Å². The molecule has 1 saturated heterocycles. The van der Waals surface area contributed by atoms with Crippen LogP contribution in [0.15, 0.2) is 23.4 Å². The number of rotatable bonds is 5. The van der Waals surface area contributed by atoms with Gasteiger partial charge in [0, 0.05) is 25.5 Å². The maximum Gasteiger partial charge on any atom is 0.245 e. The van der Waals surface area contributed by atoms with Crippen molar-refractivity contribution < 1.29 is 8.42 Å². The maximum atomic E-state index is 12.9. The number of halogens is 2. The first-order chi connectivity index (χ1) is 11.0. The molecular formula is C15H22Cl2N4O2S. The minimum atomic E-state index is -3.55. The van der Waals surface area contributed by atoms with E-state index < -0.39 is 10.0 Å². The van der Waals surface area contributed by atoms with E-state index in [1.165, 1.54) is 6.20 Å². The Morgan fingerprint density at radius 2 is 2.12 bits per heavy atom. The highest BCUT2D eigenvalue weighted by Crippen LogP contribution is 2.31. The fourth-order valence-corrected chi connectivity index (χ4v) is 4.98. The van der Waals surface area contributed by atoms with Crippen LogP contribution in [0.25, 0.3) is 11.0 Å². The first kappa shape index (κ1) is 19.5. The van der Waals surface area contributed by atoms with Crippen LogP contribution in [-0.2, 0) is 10.0 Å². The molecule has 134 valence electrons. The number of fused-ring (bicyclic) bond motifs is 1. The normalized spacial score (nSPS) is 17.1. The molecule has 0 amide bonds. The van der Waals surface area contributed by atoms with Gasteiger partial charge in [0.05, 0.1) is 10.4 Å². The van der Waals surface area contributed by atoms with E-state index >= 15 is 0 Å². The van der Waals surface area contributed by atoms with E-state index in [2.05, 4.69) is 22.2 Å². The summed E-state index contributed by atoms with van der Waals surface area (Å²) in [6.45, 7) is 5.06. The Morgan fingerprint density at radius 1 is 1.42 bits per heavy atom. The summed E-state index contributed by atoms with van der Waals surface area (Å²) in [5.74, 6) is 0.537. The van der Waals surface area contributed by atoms with Crippen molar-refractivity contribution in [2.24, 2.45) is 5.92 Å². The molecule has 2 aromatic rings. The Bertz CT molecular complexity index is 786. The average Bonchev–Trinajstić information content (AvgIpc) is 2.99. The van der Waals surface area contributed by atoms with Crippen LogP contribution >= 0.6 is 24.0 Å². The first-order valence-corrected chi connectivity index (χ1v) is 9.68. The number of pyridine rings is 1. The van der Waals surface area contributed by atoms with Crippen LogP contribution in [0.1, 0.15) is 19.8 Å². The molecule has 2 aromatic heterocycles. The minimum absolute atomic E-state index is 0. The lowest BCUT2D eigenvalue weighted by atomic mass is 9.98. The van der Waals surface area contributed by atoms with Crippen LogP contribution in [0.5, 0.6) is 0 Å². The zero-order valence-corrected chi connectivity index (χ0v) is 15.8. The molecular weight excluding hydrogens is 371 g/mol. The van der Waals surface area contributed by atoms with E-state index in [4.69, 9.17) is 11.6 Å². The van der Waals surface area contributed by atoms with Gasteiger partial charge in [0.15, 0.2) is 0 Å². The van der Waals surface area contributed by atoms with Crippen molar-refractivity contribution >= 4 is 45.1 Å². The zero-order valence-electron chi connectivity index (χ0n) is 13.5. The quantitative estimate of drug-likeness (QED) is 0.819. The van der Waals surface area contributed by atoms with E-state index in [9.17, 15) is 8.42 Å². The third-order valence-electron chi connectivity index (χ3n) is 4.36. The van der Waals surface area contributed by atoms with Gasteiger partial charge in [0.2, 0.25) is 10.0 Å². The van der Waals surface area contributed by atoms with Gasteiger partial charge in [-0.05, 0) is 37.9 Å². The van der Waals surface area contributed by atoms with Crippen LogP contribution in [0.2, 0.25) is 5.02 Å². The fraction of sp³-hybridized carbons (Fsp3) is 0.533. The number of H-pyrrole nitrogens is 1. The third-order valence-corrected chi connectivity index (χ3v) is 6.60. The molecule has 1 aliphatic heterocycles. The molecule has 0 aliphatic carbocycles. The number of sulfonamides is 1. The van der Waals surface area contributed by atoms with Gasteiger partial charge in [-0.2, -0.15) is 4.31 Å². The van der Waals surface area contributed by atoms with E-state index in [0.717, 1.165) is 25.9 Å². The summed E-state index contributed by atoms with van der Waals surface area (Å²) in [5.41, 5.74) is 0.498. The van der Waals surface area contributed by atoms with Crippen molar-refractivity contribution in [3.05, 3.63) is 23.5 Å². The lowest BCUT2D eigenvalue weighted by molar-refractivity contribution is 0.268. The van der Waals surface area contributed by atoms with Crippen molar-refractivity contribution in [2.45, 2.75) is 24.7 Å². The summed E-state index contributed by atoms with van der Waals surface area (Å²) in [6, 6.07) is 1.61. The SMILES string of the molecule is CCNCC1CCN(S(=O)(=O)c2c[nH]c3nccc(Cl)c23)CC1.Cl. The van der Waals surface area contributed by atoms with Gasteiger partial charge in [-0.15, -0.1) is 12.4 Å². The molecule has 9 heteroatoms. The summed E-state index contributed by atoms with van der Waals surface area (Å²) >= 11 is 6.18. The molecule has 0 unspecified atom stereocenters. The average molecular weight is 393 g/mol. The zero-order chi connectivity index (χ0) is 16.4. The minimum Gasteiger partial charge on any atom is -0.345 e. The number of piperidine rings is 1. The van der Waals surface area contributed by atoms with Gasteiger partial charge < -0.3 is 10.3 Å². The van der Waals surface area contributed by atoms with Crippen LogP contribution in [-0.4, -0.2) is 48.9 Å². The predicted octanol–water partition coefficient (Wildman–Crippen LogP) is 2.65. The topological polar surface area (TPSA) is 78.1 Å². The summed E-state index contributed by atoms with van der Waals surface area (Å²) in [6.07, 6.45) is 4.80. The van der Waals surface area contributed by atoms with E-state index in [-0.39, 0.29) is 17.3 Å². The van der Waals surface area contributed by atoms with Crippen LogP contribution in [0, 0.1) is 5.92 Å². The van der Waals surface area contributed by atoms with Gasteiger partial charge in [-0.25, -0.2) is 13.4 Å². The lowest BCUT2D eigenvalue weighted by Gasteiger charge is -2.31. The predicted molar refractivity (Wildman–Crippen MR) is 98.4 cm³/mol. The monoisotopic (exact) mass is 392 g/mol. The number of hydrogen-bond donors (Lipinski definition) is 2. The summed E-state index contributed by atoms with van der Waals surface area (Å²) in [5, 5.41) is 4.21. The van der Waals surface area contributed by atoms with Gasteiger partial charge >= 0.3 is 0 Å². The van der Waals surface area contributed by atoms with Crippen molar-refractivity contribution in [2.75, 3.05) is 26.2 Å². The Labute approximate surface area is 153 Å². The number of nitrogens with zero attached hydrogens (tertiary/aromatic N) is 2. The van der Waals surface area contributed by atoms with Crippen molar-refractivity contribution in [3.8, 4) is 0 Å². The molecule has 0 saturated carbocycles. The Kier molecular flexibility index (Phi) is 6.50. The van der Waals surface area contributed by atoms with E-state index in [1.54, 1.807) is 16.6 Å². The van der Waals surface area contributed by atoms with Gasteiger partial charge in [0.1, 0.15) is 10.5 Å². The molecule has 1 fully saturated rings. The molecule has 0 atom stereocenters. The number of nitrogens with one attached hydrogen (secondary N) is 2. The van der Waals surface area contributed by atoms with Crippen molar-refractivity contribution in [1.29, 1.82) is 0 Å². The Hall–Kier alpha value is -0.860. The molecule has 0 bridgehead atoms. The van der Waals surface area contributed by atoms with Gasteiger partial charge in [-0.1, -0.05) is 18.5 Å². The molecule has 0 radical (unpaired) electrons. The molecule has 0 aromatic carbocycles.